The van der Waals surface area contributed by atoms with Crippen molar-refractivity contribution in [2.24, 2.45) is 0 Å². The molecule has 0 atom stereocenters. The van der Waals surface area contributed by atoms with Crippen LogP contribution in [0.3, 0.4) is 0 Å². The molecule has 0 aromatic carbocycles. The normalized spacial score (nSPS) is 15.4. The number of carbonyl (C=O) groups is 2. The fraction of sp³-hybridized carbons (Fsp3) is 0.588. The van der Waals surface area contributed by atoms with Crippen molar-refractivity contribution in [3.05, 3.63) is 16.6 Å². The summed E-state index contributed by atoms with van der Waals surface area (Å²) in [7, 11) is 0. The molecule has 3 N–H and O–H groups in total. The molecule has 2 aromatic rings. The van der Waals surface area contributed by atoms with Crippen LogP contribution in [-0.4, -0.2) is 46.4 Å². The standard InChI is InChI=1S/C17H24N4O3S/c1-11-13-9-14(16(24)19-10-15(23)18-7-8-22)25-17(13)21(20-11)12-5-3-2-4-6-12/h9,12,22H,2-8,10H2,1H3,(H,18,23)(H,19,24). The third-order valence-corrected chi connectivity index (χ3v) is 5.68. The molecular weight excluding hydrogens is 340 g/mol. The maximum atomic E-state index is 12.3. The molecule has 2 aromatic heterocycles. The molecule has 0 aliphatic heterocycles. The summed E-state index contributed by atoms with van der Waals surface area (Å²) in [5.74, 6) is -0.567. The largest absolute Gasteiger partial charge is 0.395 e. The summed E-state index contributed by atoms with van der Waals surface area (Å²) in [5.41, 5.74) is 0.941. The van der Waals surface area contributed by atoms with Gasteiger partial charge in [0.2, 0.25) is 5.91 Å². The molecule has 25 heavy (non-hydrogen) atoms. The second kappa shape index (κ2) is 7.97. The number of fused-ring (bicyclic) bond motifs is 1. The molecule has 136 valence electrons. The molecule has 3 rings (SSSR count). The van der Waals surface area contributed by atoms with E-state index in [9.17, 15) is 9.59 Å². The Balaban J connectivity index is 1.72. The number of thiophene rings is 1. The van der Waals surface area contributed by atoms with E-state index in [1.807, 2.05) is 13.0 Å². The van der Waals surface area contributed by atoms with Gasteiger partial charge in [-0.05, 0) is 25.8 Å². The fourth-order valence-electron chi connectivity index (χ4n) is 3.26. The lowest BCUT2D eigenvalue weighted by Gasteiger charge is -2.22. The van der Waals surface area contributed by atoms with Crippen LogP contribution in [0.4, 0.5) is 0 Å². The lowest BCUT2D eigenvalue weighted by atomic mass is 9.96. The topological polar surface area (TPSA) is 96.2 Å². The number of hydrogen-bond donors (Lipinski definition) is 3. The summed E-state index contributed by atoms with van der Waals surface area (Å²) in [6.45, 7) is 1.94. The van der Waals surface area contributed by atoms with Crippen molar-refractivity contribution in [1.29, 1.82) is 0 Å². The Morgan fingerprint density at radius 3 is 2.80 bits per heavy atom. The van der Waals surface area contributed by atoms with Crippen LogP contribution in [0.1, 0.15) is 53.5 Å². The minimum atomic E-state index is -0.312. The fourth-order valence-corrected chi connectivity index (χ4v) is 4.41. The Kier molecular flexibility index (Phi) is 5.70. The third-order valence-electron chi connectivity index (χ3n) is 4.56. The van der Waals surface area contributed by atoms with Crippen LogP contribution in [0.2, 0.25) is 0 Å². The molecule has 0 bridgehead atoms. The SMILES string of the molecule is Cc1nn(C2CCCCC2)c2sc(C(=O)NCC(=O)NCCO)cc12. The predicted molar refractivity (Wildman–Crippen MR) is 96.9 cm³/mol. The van der Waals surface area contributed by atoms with Gasteiger partial charge in [-0.3, -0.25) is 14.3 Å². The Labute approximate surface area is 150 Å². The third kappa shape index (κ3) is 4.01. The van der Waals surface area contributed by atoms with Gasteiger partial charge in [0.1, 0.15) is 4.83 Å². The number of aliphatic hydroxyl groups is 1. The van der Waals surface area contributed by atoms with Gasteiger partial charge < -0.3 is 15.7 Å². The summed E-state index contributed by atoms with van der Waals surface area (Å²) in [5, 5.41) is 19.5. The first-order chi connectivity index (χ1) is 12.1. The van der Waals surface area contributed by atoms with Crippen LogP contribution >= 0.6 is 11.3 Å². The van der Waals surface area contributed by atoms with E-state index < -0.39 is 0 Å². The van der Waals surface area contributed by atoms with Gasteiger partial charge >= 0.3 is 0 Å². The van der Waals surface area contributed by atoms with Gasteiger partial charge in [-0.2, -0.15) is 5.10 Å². The highest BCUT2D eigenvalue weighted by molar-refractivity contribution is 7.20. The molecule has 0 spiro atoms. The van der Waals surface area contributed by atoms with Gasteiger partial charge in [-0.1, -0.05) is 19.3 Å². The Hall–Kier alpha value is -1.93. The Morgan fingerprint density at radius 2 is 2.08 bits per heavy atom. The van der Waals surface area contributed by atoms with Gasteiger partial charge in [-0.15, -0.1) is 11.3 Å². The van der Waals surface area contributed by atoms with Crippen LogP contribution in [-0.2, 0) is 4.79 Å². The number of rotatable bonds is 6. The van der Waals surface area contributed by atoms with Crippen molar-refractivity contribution >= 4 is 33.4 Å². The van der Waals surface area contributed by atoms with E-state index in [2.05, 4.69) is 20.4 Å². The highest BCUT2D eigenvalue weighted by Gasteiger charge is 2.22. The van der Waals surface area contributed by atoms with Crippen molar-refractivity contribution in [3.8, 4) is 0 Å². The summed E-state index contributed by atoms with van der Waals surface area (Å²) in [6.07, 6.45) is 6.02. The molecule has 1 aliphatic carbocycles. The van der Waals surface area contributed by atoms with E-state index in [4.69, 9.17) is 5.11 Å². The summed E-state index contributed by atoms with van der Waals surface area (Å²) in [4.78, 5) is 25.5. The summed E-state index contributed by atoms with van der Waals surface area (Å²) < 4.78 is 2.10. The van der Waals surface area contributed by atoms with E-state index >= 15 is 0 Å². The van der Waals surface area contributed by atoms with E-state index in [1.54, 1.807) is 0 Å². The summed E-state index contributed by atoms with van der Waals surface area (Å²) in [6, 6.07) is 2.28. The second-order valence-corrected chi connectivity index (χ2v) is 7.44. The van der Waals surface area contributed by atoms with Crippen LogP contribution in [0.15, 0.2) is 6.07 Å². The van der Waals surface area contributed by atoms with Crippen LogP contribution in [0, 0.1) is 6.92 Å². The smallest absolute Gasteiger partial charge is 0.261 e. The number of aromatic nitrogens is 2. The molecule has 1 aliphatic rings. The molecule has 1 saturated carbocycles. The first kappa shape index (κ1) is 17.9. The molecule has 0 saturated heterocycles. The first-order valence-corrected chi connectivity index (χ1v) is 9.56. The second-order valence-electron chi connectivity index (χ2n) is 6.41. The average molecular weight is 364 g/mol. The molecule has 7 nitrogen and oxygen atoms in total. The zero-order chi connectivity index (χ0) is 17.8. The highest BCUT2D eigenvalue weighted by atomic mass is 32.1. The van der Waals surface area contributed by atoms with Crippen molar-refractivity contribution < 1.29 is 14.7 Å². The van der Waals surface area contributed by atoms with Crippen molar-refractivity contribution in [3.63, 3.8) is 0 Å². The molecule has 8 heteroatoms. The van der Waals surface area contributed by atoms with Gasteiger partial charge in [0, 0.05) is 11.9 Å². The number of aliphatic hydroxyl groups excluding tert-OH is 1. The van der Waals surface area contributed by atoms with Gasteiger partial charge in [0.15, 0.2) is 0 Å². The molecule has 1 fully saturated rings. The van der Waals surface area contributed by atoms with Crippen LogP contribution < -0.4 is 10.6 Å². The Bertz CT molecular complexity index is 761. The monoisotopic (exact) mass is 364 g/mol. The average Bonchev–Trinajstić information content (AvgIpc) is 3.19. The first-order valence-electron chi connectivity index (χ1n) is 8.74. The minimum absolute atomic E-state index is 0.0964. The predicted octanol–water partition coefficient (Wildman–Crippen LogP) is 1.75. The van der Waals surface area contributed by atoms with E-state index in [0.29, 0.717) is 10.9 Å². The van der Waals surface area contributed by atoms with Crippen LogP contribution in [0.25, 0.3) is 10.2 Å². The molecule has 2 amide bonds. The van der Waals surface area contributed by atoms with E-state index in [-0.39, 0.29) is 31.5 Å². The number of carbonyl (C=O) groups excluding carboxylic acids is 2. The maximum absolute atomic E-state index is 12.3. The lowest BCUT2D eigenvalue weighted by molar-refractivity contribution is -0.120. The van der Waals surface area contributed by atoms with Crippen LogP contribution in [0.5, 0.6) is 0 Å². The van der Waals surface area contributed by atoms with Crippen molar-refractivity contribution in [2.75, 3.05) is 19.7 Å². The molecular formula is C17H24N4O3S. The van der Waals surface area contributed by atoms with Crippen molar-refractivity contribution in [1.82, 2.24) is 20.4 Å². The summed E-state index contributed by atoms with van der Waals surface area (Å²) >= 11 is 1.43. The number of hydrogen-bond acceptors (Lipinski definition) is 5. The maximum Gasteiger partial charge on any atom is 0.261 e. The number of amides is 2. The van der Waals surface area contributed by atoms with E-state index in [1.165, 1.54) is 30.6 Å². The van der Waals surface area contributed by atoms with Crippen molar-refractivity contribution in [2.45, 2.75) is 45.1 Å². The van der Waals surface area contributed by atoms with Gasteiger partial charge in [0.05, 0.1) is 29.8 Å². The molecule has 0 unspecified atom stereocenters. The Morgan fingerprint density at radius 1 is 1.32 bits per heavy atom. The van der Waals surface area contributed by atoms with E-state index in [0.717, 1.165) is 28.8 Å². The number of aryl methyl sites for hydroxylation is 1. The lowest BCUT2D eigenvalue weighted by Crippen LogP contribution is -2.37. The number of nitrogens with zero attached hydrogens (tertiary/aromatic N) is 2. The number of nitrogens with one attached hydrogen (secondary N) is 2. The molecule has 0 radical (unpaired) electrons. The minimum Gasteiger partial charge on any atom is -0.395 e. The highest BCUT2D eigenvalue weighted by Crippen LogP contribution is 2.35. The zero-order valence-electron chi connectivity index (χ0n) is 14.4. The zero-order valence-corrected chi connectivity index (χ0v) is 15.2. The van der Waals surface area contributed by atoms with Gasteiger partial charge in [-0.25, -0.2) is 0 Å². The quantitative estimate of drug-likeness (QED) is 0.727. The molecule has 2 heterocycles. The van der Waals surface area contributed by atoms with Gasteiger partial charge in [0.25, 0.3) is 5.91 Å².